The zero-order chi connectivity index (χ0) is 12.7. The minimum absolute atomic E-state index is 0.101. The number of benzene rings is 1. The Bertz CT molecular complexity index is 373. The molecule has 1 aromatic carbocycles. The maximum Gasteiger partial charge on any atom is 0.186 e. The fourth-order valence-electron chi connectivity index (χ4n) is 1.26. The summed E-state index contributed by atoms with van der Waals surface area (Å²) in [7, 11) is 4.02. The van der Waals surface area contributed by atoms with Gasteiger partial charge in [-0.25, -0.2) is 4.99 Å². The Morgan fingerprint density at radius 2 is 2.12 bits per heavy atom. The smallest absolute Gasteiger partial charge is 0.186 e. The zero-order valence-corrected chi connectivity index (χ0v) is 10.4. The van der Waals surface area contributed by atoms with Crippen LogP contribution in [0.15, 0.2) is 29.3 Å². The molecule has 5 heteroatoms. The first-order valence-corrected chi connectivity index (χ1v) is 5.50. The second kappa shape index (κ2) is 6.75. The Morgan fingerprint density at radius 1 is 1.35 bits per heavy atom. The third-order valence-corrected chi connectivity index (χ3v) is 2.15. The van der Waals surface area contributed by atoms with Crippen molar-refractivity contribution in [1.29, 1.82) is 0 Å². The van der Waals surface area contributed by atoms with Gasteiger partial charge in [0.1, 0.15) is 12.4 Å². The average Bonchev–Trinajstić information content (AvgIpc) is 2.26. The normalized spacial score (nSPS) is 10.3. The molecule has 0 saturated heterocycles. The van der Waals surface area contributed by atoms with Crippen molar-refractivity contribution >= 4 is 5.96 Å². The molecule has 0 fully saturated rings. The van der Waals surface area contributed by atoms with Crippen molar-refractivity contribution in [2.45, 2.75) is 6.54 Å². The van der Waals surface area contributed by atoms with Gasteiger partial charge in [-0.1, -0.05) is 12.1 Å². The predicted octanol–water partition coefficient (Wildman–Crippen LogP) is 0.400. The van der Waals surface area contributed by atoms with Crippen LogP contribution in [0.2, 0.25) is 0 Å². The van der Waals surface area contributed by atoms with Crippen molar-refractivity contribution in [2.75, 3.05) is 27.2 Å². The summed E-state index contributed by atoms with van der Waals surface area (Å²) >= 11 is 0. The van der Waals surface area contributed by atoms with Gasteiger partial charge in [0.05, 0.1) is 6.54 Å². The molecule has 94 valence electrons. The van der Waals surface area contributed by atoms with Crippen LogP contribution in [0.5, 0.6) is 5.75 Å². The number of hydrogen-bond acceptors (Lipinski definition) is 3. The third-order valence-electron chi connectivity index (χ3n) is 2.15. The quantitative estimate of drug-likeness (QED) is 0.553. The molecule has 0 spiro atoms. The van der Waals surface area contributed by atoms with Crippen LogP contribution in [0.1, 0.15) is 5.56 Å². The van der Waals surface area contributed by atoms with E-state index in [1.54, 1.807) is 0 Å². The molecule has 0 aliphatic carbocycles. The maximum absolute atomic E-state index is 5.61. The van der Waals surface area contributed by atoms with E-state index in [1.807, 2.05) is 38.4 Å². The van der Waals surface area contributed by atoms with Crippen LogP contribution in [-0.2, 0) is 6.54 Å². The molecule has 5 nitrogen and oxygen atoms in total. The van der Waals surface area contributed by atoms with Crippen LogP contribution in [0.4, 0.5) is 0 Å². The van der Waals surface area contributed by atoms with E-state index in [2.05, 4.69) is 9.89 Å². The fourth-order valence-corrected chi connectivity index (χ4v) is 1.26. The van der Waals surface area contributed by atoms with Gasteiger partial charge in [-0.05, 0) is 31.8 Å². The van der Waals surface area contributed by atoms with Crippen LogP contribution < -0.4 is 16.2 Å². The van der Waals surface area contributed by atoms with Gasteiger partial charge in [0.2, 0.25) is 0 Å². The Labute approximate surface area is 102 Å². The monoisotopic (exact) mass is 236 g/mol. The highest BCUT2D eigenvalue weighted by atomic mass is 16.5. The molecule has 0 aliphatic rings. The molecule has 1 aromatic rings. The molecule has 0 saturated carbocycles. The van der Waals surface area contributed by atoms with Gasteiger partial charge in [-0.3, -0.25) is 0 Å². The van der Waals surface area contributed by atoms with Crippen molar-refractivity contribution in [3.05, 3.63) is 29.8 Å². The largest absolute Gasteiger partial charge is 0.492 e. The molecule has 0 amide bonds. The number of likely N-dealkylation sites (N-methyl/N-ethyl adjacent to an activating group) is 1. The van der Waals surface area contributed by atoms with Gasteiger partial charge in [0.15, 0.2) is 5.96 Å². The van der Waals surface area contributed by atoms with Gasteiger partial charge in [0, 0.05) is 6.54 Å². The molecule has 4 N–H and O–H groups in total. The van der Waals surface area contributed by atoms with Crippen molar-refractivity contribution in [2.24, 2.45) is 16.5 Å². The van der Waals surface area contributed by atoms with E-state index in [-0.39, 0.29) is 5.96 Å². The number of aliphatic imine (C=N–C) groups is 1. The van der Waals surface area contributed by atoms with Crippen LogP contribution in [0, 0.1) is 0 Å². The standard InChI is InChI=1S/C12H20N4O/c1-16(2)6-7-17-11-5-3-4-10(8-11)9-15-12(13)14/h3-5,8H,6-7,9H2,1-2H3,(H4,13,14,15). The molecule has 0 unspecified atom stereocenters. The molecule has 0 bridgehead atoms. The number of nitrogens with two attached hydrogens (primary N) is 2. The van der Waals surface area contributed by atoms with Crippen LogP contribution in [-0.4, -0.2) is 38.1 Å². The highest BCUT2D eigenvalue weighted by Crippen LogP contribution is 2.13. The summed E-state index contributed by atoms with van der Waals surface area (Å²) in [5.74, 6) is 0.944. The van der Waals surface area contributed by atoms with Gasteiger partial charge < -0.3 is 21.1 Å². The minimum atomic E-state index is 0.101. The first-order valence-electron chi connectivity index (χ1n) is 5.50. The lowest BCUT2D eigenvalue weighted by atomic mass is 10.2. The van der Waals surface area contributed by atoms with E-state index in [4.69, 9.17) is 16.2 Å². The van der Waals surface area contributed by atoms with Crippen LogP contribution >= 0.6 is 0 Å². The highest BCUT2D eigenvalue weighted by Gasteiger charge is 1.97. The summed E-state index contributed by atoms with van der Waals surface area (Å²) in [6, 6.07) is 7.77. The molecular weight excluding hydrogens is 216 g/mol. The van der Waals surface area contributed by atoms with Gasteiger partial charge in [-0.15, -0.1) is 0 Å². The summed E-state index contributed by atoms with van der Waals surface area (Å²) in [4.78, 5) is 6.03. The molecule has 1 rings (SSSR count). The summed E-state index contributed by atoms with van der Waals surface area (Å²) in [5, 5.41) is 0. The van der Waals surface area contributed by atoms with Crippen molar-refractivity contribution < 1.29 is 4.74 Å². The summed E-state index contributed by atoms with van der Waals surface area (Å²) in [6.45, 7) is 2.03. The van der Waals surface area contributed by atoms with Gasteiger partial charge >= 0.3 is 0 Å². The lowest BCUT2D eigenvalue weighted by molar-refractivity contribution is 0.261. The first-order chi connectivity index (χ1) is 8.08. The molecule has 0 aliphatic heterocycles. The van der Waals surface area contributed by atoms with E-state index in [0.717, 1.165) is 17.9 Å². The lowest BCUT2D eigenvalue weighted by Gasteiger charge is -2.11. The molecular formula is C12H20N4O. The number of nitrogens with zero attached hydrogens (tertiary/aromatic N) is 2. The van der Waals surface area contributed by atoms with E-state index in [0.29, 0.717) is 13.2 Å². The second-order valence-electron chi connectivity index (χ2n) is 4.04. The molecule has 0 radical (unpaired) electrons. The van der Waals surface area contributed by atoms with Crippen LogP contribution in [0.3, 0.4) is 0 Å². The summed E-state index contributed by atoms with van der Waals surface area (Å²) in [5.41, 5.74) is 11.6. The predicted molar refractivity (Wildman–Crippen MR) is 70.0 cm³/mol. The SMILES string of the molecule is CN(C)CCOc1cccc(CN=C(N)N)c1. The molecule has 0 aromatic heterocycles. The van der Waals surface area contributed by atoms with E-state index >= 15 is 0 Å². The molecule has 0 atom stereocenters. The summed E-state index contributed by atoms with van der Waals surface area (Å²) in [6.07, 6.45) is 0. The Balaban J connectivity index is 2.51. The lowest BCUT2D eigenvalue weighted by Crippen LogP contribution is -2.22. The minimum Gasteiger partial charge on any atom is -0.492 e. The van der Waals surface area contributed by atoms with E-state index < -0.39 is 0 Å². The second-order valence-corrected chi connectivity index (χ2v) is 4.04. The third kappa shape index (κ3) is 5.77. The van der Waals surface area contributed by atoms with Crippen molar-refractivity contribution in [3.8, 4) is 5.75 Å². The van der Waals surface area contributed by atoms with E-state index in [1.165, 1.54) is 0 Å². The highest BCUT2D eigenvalue weighted by molar-refractivity contribution is 5.75. The Morgan fingerprint density at radius 3 is 2.76 bits per heavy atom. The van der Waals surface area contributed by atoms with Gasteiger partial charge in [0.25, 0.3) is 0 Å². The number of ether oxygens (including phenoxy) is 1. The van der Waals surface area contributed by atoms with Crippen molar-refractivity contribution in [3.63, 3.8) is 0 Å². The fraction of sp³-hybridized carbons (Fsp3) is 0.417. The van der Waals surface area contributed by atoms with Crippen molar-refractivity contribution in [1.82, 2.24) is 4.90 Å². The first kappa shape index (κ1) is 13.3. The summed E-state index contributed by atoms with van der Waals surface area (Å²) < 4.78 is 5.61. The Hall–Kier alpha value is -1.75. The average molecular weight is 236 g/mol. The van der Waals surface area contributed by atoms with E-state index in [9.17, 15) is 0 Å². The molecule has 17 heavy (non-hydrogen) atoms. The maximum atomic E-state index is 5.61. The number of rotatable bonds is 6. The number of guanidine groups is 1. The Kier molecular flexibility index (Phi) is 5.29. The molecule has 0 heterocycles. The topological polar surface area (TPSA) is 76.9 Å². The van der Waals surface area contributed by atoms with Crippen LogP contribution in [0.25, 0.3) is 0 Å². The number of hydrogen-bond donors (Lipinski definition) is 2. The van der Waals surface area contributed by atoms with Gasteiger partial charge in [-0.2, -0.15) is 0 Å². The zero-order valence-electron chi connectivity index (χ0n) is 10.4.